The van der Waals surface area contributed by atoms with Crippen molar-refractivity contribution in [3.05, 3.63) is 65.7 Å². The summed E-state index contributed by atoms with van der Waals surface area (Å²) in [7, 11) is 0. The zero-order valence-electron chi connectivity index (χ0n) is 14.5. The predicted molar refractivity (Wildman–Crippen MR) is 98.4 cm³/mol. The van der Waals surface area contributed by atoms with Crippen molar-refractivity contribution in [1.29, 1.82) is 0 Å². The Kier molecular flexibility index (Phi) is 7.30. The van der Waals surface area contributed by atoms with Gasteiger partial charge in [0.25, 0.3) is 0 Å². The molecule has 0 spiro atoms. The topological polar surface area (TPSA) is 41.6 Å². The van der Waals surface area contributed by atoms with Crippen molar-refractivity contribution < 1.29 is 9.53 Å². The first-order valence-electron chi connectivity index (χ1n) is 8.50. The molecule has 0 radical (unpaired) electrons. The van der Waals surface area contributed by atoms with Crippen molar-refractivity contribution in [2.75, 3.05) is 31.6 Å². The summed E-state index contributed by atoms with van der Waals surface area (Å²) in [6, 6.07) is 18.0. The van der Waals surface area contributed by atoms with E-state index in [1.54, 1.807) is 0 Å². The van der Waals surface area contributed by atoms with Crippen LogP contribution in [0.5, 0.6) is 0 Å². The van der Waals surface area contributed by atoms with Crippen LogP contribution >= 0.6 is 0 Å². The number of ether oxygens (including phenoxy) is 1. The summed E-state index contributed by atoms with van der Waals surface area (Å²) in [4.78, 5) is 14.2. The predicted octanol–water partition coefficient (Wildman–Crippen LogP) is 4.17. The number of benzene rings is 2. The minimum Gasteiger partial charge on any atom is -0.448 e. The van der Waals surface area contributed by atoms with Crippen molar-refractivity contribution >= 4 is 11.8 Å². The van der Waals surface area contributed by atoms with Crippen LogP contribution in [0.4, 0.5) is 10.5 Å². The lowest BCUT2D eigenvalue weighted by atomic mass is 10.0. The number of nitrogens with one attached hydrogen (secondary N) is 1. The van der Waals surface area contributed by atoms with E-state index in [9.17, 15) is 4.79 Å². The van der Waals surface area contributed by atoms with Gasteiger partial charge < -0.3 is 9.64 Å². The van der Waals surface area contributed by atoms with E-state index < -0.39 is 6.09 Å². The molecule has 0 saturated heterocycles. The average Bonchev–Trinajstić information content (AvgIpc) is 2.61. The molecule has 0 bridgehead atoms. The number of amides is 1. The molecular weight excluding hydrogens is 300 g/mol. The second-order valence-corrected chi connectivity index (χ2v) is 5.61. The maximum absolute atomic E-state index is 12.0. The fourth-order valence-corrected chi connectivity index (χ4v) is 2.57. The molecule has 0 aliphatic rings. The molecule has 2 rings (SSSR count). The number of hydrogen-bond acceptors (Lipinski definition) is 3. The Morgan fingerprint density at radius 3 is 2.38 bits per heavy atom. The highest BCUT2D eigenvalue weighted by atomic mass is 16.5. The maximum Gasteiger partial charge on any atom is 0.411 e. The number of para-hydroxylation sites is 1. The summed E-state index contributed by atoms with van der Waals surface area (Å²) in [5.41, 5.74) is 3.08. The van der Waals surface area contributed by atoms with E-state index in [-0.39, 0.29) is 0 Å². The van der Waals surface area contributed by atoms with E-state index in [0.717, 1.165) is 37.3 Å². The summed E-state index contributed by atoms with van der Waals surface area (Å²) < 4.78 is 5.29. The number of anilines is 1. The van der Waals surface area contributed by atoms with E-state index in [2.05, 4.69) is 36.2 Å². The largest absolute Gasteiger partial charge is 0.448 e. The lowest BCUT2D eigenvalue weighted by Crippen LogP contribution is -2.28. The van der Waals surface area contributed by atoms with Gasteiger partial charge in [0, 0.05) is 12.2 Å². The molecule has 0 unspecified atom stereocenters. The number of carbonyl (C=O) groups is 1. The van der Waals surface area contributed by atoms with E-state index in [0.29, 0.717) is 6.61 Å². The van der Waals surface area contributed by atoms with Gasteiger partial charge in [0.15, 0.2) is 0 Å². The SMILES string of the molecule is CCN(CC)CCOC(=O)Nc1ccccc1Cc1ccccc1. The Bertz CT molecular complexity index is 625. The standard InChI is InChI=1S/C20H26N2O2/c1-3-22(4-2)14-15-24-20(23)21-19-13-9-8-12-18(19)16-17-10-6-5-7-11-17/h5-13H,3-4,14-16H2,1-2H3,(H,21,23). The maximum atomic E-state index is 12.0. The third kappa shape index (κ3) is 5.70. The molecule has 0 atom stereocenters. The van der Waals surface area contributed by atoms with Crippen LogP contribution in [0.2, 0.25) is 0 Å². The Morgan fingerprint density at radius 2 is 1.67 bits per heavy atom. The molecule has 2 aromatic rings. The highest BCUT2D eigenvalue weighted by molar-refractivity contribution is 5.85. The van der Waals surface area contributed by atoms with Crippen LogP contribution in [0.15, 0.2) is 54.6 Å². The third-order valence-corrected chi connectivity index (χ3v) is 4.03. The fourth-order valence-electron chi connectivity index (χ4n) is 2.57. The Hall–Kier alpha value is -2.33. The van der Waals surface area contributed by atoms with Crippen LogP contribution in [0.25, 0.3) is 0 Å². The number of nitrogens with zero attached hydrogens (tertiary/aromatic N) is 1. The van der Waals surface area contributed by atoms with Crippen molar-refractivity contribution in [2.24, 2.45) is 0 Å². The second kappa shape index (κ2) is 9.73. The molecule has 0 fully saturated rings. The first-order valence-corrected chi connectivity index (χ1v) is 8.50. The van der Waals surface area contributed by atoms with E-state index in [4.69, 9.17) is 4.74 Å². The van der Waals surface area contributed by atoms with Gasteiger partial charge in [-0.2, -0.15) is 0 Å². The number of likely N-dealkylation sites (N-methyl/N-ethyl adjacent to an activating group) is 1. The number of carbonyl (C=O) groups excluding carboxylic acids is 1. The summed E-state index contributed by atoms with van der Waals surface area (Å²) in [6.45, 7) is 7.27. The van der Waals surface area contributed by atoms with Crippen LogP contribution in [0.1, 0.15) is 25.0 Å². The lowest BCUT2D eigenvalue weighted by molar-refractivity contribution is 0.142. The number of hydrogen-bond donors (Lipinski definition) is 1. The molecule has 0 saturated carbocycles. The Morgan fingerprint density at radius 1 is 1.00 bits per heavy atom. The molecule has 0 aliphatic heterocycles. The van der Waals surface area contributed by atoms with Gasteiger partial charge in [0.2, 0.25) is 0 Å². The first kappa shape index (κ1) is 18.0. The van der Waals surface area contributed by atoms with Gasteiger partial charge in [0.05, 0.1) is 0 Å². The molecule has 1 N–H and O–H groups in total. The Labute approximate surface area is 144 Å². The molecule has 0 heterocycles. The molecule has 1 amide bonds. The Balaban J connectivity index is 1.91. The van der Waals surface area contributed by atoms with Gasteiger partial charge in [-0.25, -0.2) is 4.79 Å². The zero-order chi connectivity index (χ0) is 17.2. The smallest absolute Gasteiger partial charge is 0.411 e. The molecule has 0 aliphatic carbocycles. The third-order valence-electron chi connectivity index (χ3n) is 4.03. The molecule has 0 aromatic heterocycles. The van der Waals surface area contributed by atoms with E-state index >= 15 is 0 Å². The van der Waals surface area contributed by atoms with Crippen molar-refractivity contribution in [3.8, 4) is 0 Å². The average molecular weight is 326 g/mol. The van der Waals surface area contributed by atoms with Crippen molar-refractivity contribution in [2.45, 2.75) is 20.3 Å². The number of rotatable bonds is 8. The minimum absolute atomic E-state index is 0.397. The van der Waals surface area contributed by atoms with Crippen LogP contribution in [0.3, 0.4) is 0 Å². The summed E-state index contributed by atoms with van der Waals surface area (Å²) in [5, 5.41) is 2.86. The summed E-state index contributed by atoms with van der Waals surface area (Å²) >= 11 is 0. The molecule has 2 aromatic carbocycles. The minimum atomic E-state index is -0.400. The fraction of sp³-hybridized carbons (Fsp3) is 0.350. The van der Waals surface area contributed by atoms with Gasteiger partial charge in [0.1, 0.15) is 6.61 Å². The monoisotopic (exact) mass is 326 g/mol. The van der Waals surface area contributed by atoms with Crippen molar-refractivity contribution in [3.63, 3.8) is 0 Å². The quantitative estimate of drug-likeness (QED) is 0.791. The lowest BCUT2D eigenvalue weighted by Gasteiger charge is -2.18. The van der Waals surface area contributed by atoms with Crippen LogP contribution < -0.4 is 5.32 Å². The van der Waals surface area contributed by atoms with Gasteiger partial charge in [-0.15, -0.1) is 0 Å². The summed E-state index contributed by atoms with van der Waals surface area (Å²) in [5.74, 6) is 0. The first-order chi connectivity index (χ1) is 11.7. The van der Waals surface area contributed by atoms with Gasteiger partial charge in [-0.05, 0) is 36.7 Å². The normalized spacial score (nSPS) is 10.6. The van der Waals surface area contributed by atoms with Crippen molar-refractivity contribution in [1.82, 2.24) is 4.90 Å². The van der Waals surface area contributed by atoms with Gasteiger partial charge in [-0.1, -0.05) is 62.4 Å². The zero-order valence-corrected chi connectivity index (χ0v) is 14.5. The second-order valence-electron chi connectivity index (χ2n) is 5.61. The molecular formula is C20H26N2O2. The molecule has 128 valence electrons. The van der Waals surface area contributed by atoms with Gasteiger partial charge >= 0.3 is 6.09 Å². The van der Waals surface area contributed by atoms with E-state index in [1.807, 2.05) is 42.5 Å². The van der Waals surface area contributed by atoms with Crippen LogP contribution in [-0.2, 0) is 11.2 Å². The molecule has 4 nitrogen and oxygen atoms in total. The summed E-state index contributed by atoms with van der Waals surface area (Å²) in [6.07, 6.45) is 0.374. The van der Waals surface area contributed by atoms with Crippen LogP contribution in [-0.4, -0.2) is 37.2 Å². The van der Waals surface area contributed by atoms with E-state index in [1.165, 1.54) is 5.56 Å². The van der Waals surface area contributed by atoms with Crippen LogP contribution in [0, 0.1) is 0 Å². The highest BCUT2D eigenvalue weighted by Gasteiger charge is 2.08. The molecule has 4 heteroatoms. The molecule has 24 heavy (non-hydrogen) atoms. The highest BCUT2D eigenvalue weighted by Crippen LogP contribution is 2.19. The van der Waals surface area contributed by atoms with Gasteiger partial charge in [-0.3, -0.25) is 5.32 Å².